The highest BCUT2D eigenvalue weighted by molar-refractivity contribution is 7.16. The lowest BCUT2D eigenvalue weighted by Crippen LogP contribution is -1.93. The van der Waals surface area contributed by atoms with Crippen LogP contribution in [-0.4, -0.2) is 5.11 Å². The van der Waals surface area contributed by atoms with Crippen LogP contribution in [0.25, 0.3) is 0 Å². The Morgan fingerprint density at radius 2 is 2.00 bits per heavy atom. The van der Waals surface area contributed by atoms with Gasteiger partial charge in [-0.3, -0.25) is 0 Å². The first-order chi connectivity index (χ1) is 6.68. The van der Waals surface area contributed by atoms with E-state index in [0.717, 1.165) is 9.75 Å². The first kappa shape index (κ1) is 10.5. The van der Waals surface area contributed by atoms with Crippen LogP contribution in [-0.2, 0) is 0 Å². The summed E-state index contributed by atoms with van der Waals surface area (Å²) in [5.41, 5.74) is 0. The van der Waals surface area contributed by atoms with Gasteiger partial charge in [-0.25, -0.2) is 0 Å². The Balaban J connectivity index is 2.33. The summed E-state index contributed by atoms with van der Waals surface area (Å²) in [6.45, 7) is 0. The lowest BCUT2D eigenvalue weighted by Gasteiger charge is -2.05. The van der Waals surface area contributed by atoms with E-state index in [2.05, 4.69) is 0 Å². The van der Waals surface area contributed by atoms with Gasteiger partial charge in [0, 0.05) is 4.88 Å². The van der Waals surface area contributed by atoms with Crippen LogP contribution in [0.4, 0.5) is 0 Å². The van der Waals surface area contributed by atoms with Gasteiger partial charge in [0.15, 0.2) is 0 Å². The molecule has 14 heavy (non-hydrogen) atoms. The van der Waals surface area contributed by atoms with Gasteiger partial charge in [-0.15, -0.1) is 22.7 Å². The molecule has 0 aliphatic carbocycles. The maximum absolute atomic E-state index is 9.95. The molecular formula is C9H6Cl2OS2. The first-order valence-corrected chi connectivity index (χ1v) is 6.30. The van der Waals surface area contributed by atoms with Crippen LogP contribution in [0, 0.1) is 0 Å². The lowest BCUT2D eigenvalue weighted by atomic mass is 10.2. The molecule has 0 fully saturated rings. The highest BCUT2D eigenvalue weighted by atomic mass is 35.5. The lowest BCUT2D eigenvalue weighted by molar-refractivity contribution is 0.228. The van der Waals surface area contributed by atoms with Crippen LogP contribution in [0.3, 0.4) is 0 Å². The van der Waals surface area contributed by atoms with Gasteiger partial charge in [-0.2, -0.15) is 0 Å². The number of aliphatic hydroxyl groups is 1. The molecule has 2 aromatic rings. The zero-order valence-electron chi connectivity index (χ0n) is 6.91. The van der Waals surface area contributed by atoms with Gasteiger partial charge in [-0.1, -0.05) is 23.2 Å². The van der Waals surface area contributed by atoms with E-state index in [1.807, 2.05) is 11.4 Å². The third kappa shape index (κ3) is 1.97. The fraction of sp³-hybridized carbons (Fsp3) is 0.111. The van der Waals surface area contributed by atoms with Gasteiger partial charge in [0.2, 0.25) is 0 Å². The Hall–Kier alpha value is -0.0600. The largest absolute Gasteiger partial charge is 0.382 e. The van der Waals surface area contributed by atoms with Gasteiger partial charge in [0.25, 0.3) is 0 Å². The van der Waals surface area contributed by atoms with Crippen molar-refractivity contribution in [3.63, 3.8) is 0 Å². The minimum Gasteiger partial charge on any atom is -0.382 e. The Labute approximate surface area is 99.5 Å². The number of hydrogen-bond donors (Lipinski definition) is 1. The highest BCUT2D eigenvalue weighted by Gasteiger charge is 2.16. The van der Waals surface area contributed by atoms with Gasteiger partial charge in [0.05, 0.1) is 14.2 Å². The molecule has 2 rings (SSSR count). The molecule has 1 unspecified atom stereocenters. The van der Waals surface area contributed by atoms with Crippen LogP contribution in [0.5, 0.6) is 0 Å². The molecule has 0 saturated carbocycles. The second kappa shape index (κ2) is 4.21. The smallest absolute Gasteiger partial charge is 0.124 e. The van der Waals surface area contributed by atoms with E-state index in [1.165, 1.54) is 22.7 Å². The summed E-state index contributed by atoms with van der Waals surface area (Å²) < 4.78 is 0.673. The third-order valence-electron chi connectivity index (χ3n) is 1.76. The zero-order chi connectivity index (χ0) is 10.1. The van der Waals surface area contributed by atoms with Crippen molar-refractivity contribution in [2.24, 2.45) is 0 Å². The molecule has 0 aliphatic heterocycles. The minimum absolute atomic E-state index is 0.604. The third-order valence-corrected chi connectivity index (χ3v) is 4.45. The fourth-order valence-electron chi connectivity index (χ4n) is 1.10. The Kier molecular flexibility index (Phi) is 3.14. The predicted octanol–water partition coefficient (Wildman–Crippen LogP) is 4.20. The summed E-state index contributed by atoms with van der Waals surface area (Å²) in [4.78, 5) is 1.59. The van der Waals surface area contributed by atoms with Crippen LogP contribution >= 0.6 is 45.9 Å². The molecule has 0 aromatic carbocycles. The van der Waals surface area contributed by atoms with Crippen molar-refractivity contribution in [3.8, 4) is 0 Å². The fourth-order valence-corrected chi connectivity index (χ4v) is 3.40. The first-order valence-electron chi connectivity index (χ1n) is 3.84. The van der Waals surface area contributed by atoms with E-state index >= 15 is 0 Å². The predicted molar refractivity (Wildman–Crippen MR) is 62.7 cm³/mol. The maximum atomic E-state index is 9.95. The molecule has 1 N–H and O–H groups in total. The van der Waals surface area contributed by atoms with Crippen molar-refractivity contribution in [2.45, 2.75) is 6.10 Å². The molecule has 0 aliphatic rings. The van der Waals surface area contributed by atoms with Crippen molar-refractivity contribution in [1.82, 2.24) is 0 Å². The molecule has 0 bridgehead atoms. The van der Waals surface area contributed by atoms with Gasteiger partial charge < -0.3 is 5.11 Å². The van der Waals surface area contributed by atoms with Crippen LogP contribution in [0.2, 0.25) is 9.36 Å². The Morgan fingerprint density at radius 1 is 1.21 bits per heavy atom. The topological polar surface area (TPSA) is 20.2 Å². The van der Waals surface area contributed by atoms with Crippen LogP contribution < -0.4 is 0 Å². The maximum Gasteiger partial charge on any atom is 0.124 e. The molecule has 0 spiro atoms. The summed E-state index contributed by atoms with van der Waals surface area (Å²) in [6, 6.07) is 5.36. The van der Waals surface area contributed by atoms with Crippen molar-refractivity contribution in [1.29, 1.82) is 0 Å². The molecule has 5 heteroatoms. The number of rotatable bonds is 2. The molecule has 0 radical (unpaired) electrons. The van der Waals surface area contributed by atoms with Gasteiger partial charge in [-0.05, 0) is 23.6 Å². The second-order valence-corrected chi connectivity index (χ2v) is 5.78. The molecule has 2 heterocycles. The Bertz CT molecular complexity index is 435. The average molecular weight is 265 g/mol. The van der Waals surface area contributed by atoms with Crippen molar-refractivity contribution < 1.29 is 5.11 Å². The van der Waals surface area contributed by atoms with E-state index in [0.29, 0.717) is 9.36 Å². The molecule has 74 valence electrons. The minimum atomic E-state index is -0.653. The standard InChI is InChI=1S/C9H6Cl2OS2/c10-5-3-4-13-9(5)8(12)6-1-2-7(11)14-6/h1-4,8,12H. The number of halogens is 2. The average Bonchev–Trinajstić information content (AvgIpc) is 2.73. The normalized spacial score (nSPS) is 13.1. The molecule has 0 saturated heterocycles. The summed E-state index contributed by atoms with van der Waals surface area (Å²) in [6.07, 6.45) is -0.653. The number of hydrogen-bond acceptors (Lipinski definition) is 3. The summed E-state index contributed by atoms with van der Waals surface area (Å²) >= 11 is 14.5. The van der Waals surface area contributed by atoms with Crippen molar-refractivity contribution in [2.75, 3.05) is 0 Å². The van der Waals surface area contributed by atoms with Gasteiger partial charge >= 0.3 is 0 Å². The molecule has 0 amide bonds. The van der Waals surface area contributed by atoms with Crippen molar-refractivity contribution >= 4 is 45.9 Å². The molecular weight excluding hydrogens is 259 g/mol. The van der Waals surface area contributed by atoms with E-state index in [9.17, 15) is 5.11 Å². The summed E-state index contributed by atoms with van der Waals surface area (Å²) in [7, 11) is 0. The second-order valence-electron chi connectivity index (χ2n) is 2.68. The Morgan fingerprint density at radius 3 is 2.50 bits per heavy atom. The molecule has 1 atom stereocenters. The monoisotopic (exact) mass is 264 g/mol. The summed E-state index contributed by atoms with van der Waals surface area (Å²) in [5, 5.41) is 12.4. The van der Waals surface area contributed by atoms with Crippen LogP contribution in [0.15, 0.2) is 23.6 Å². The van der Waals surface area contributed by atoms with E-state index in [-0.39, 0.29) is 0 Å². The SMILES string of the molecule is OC(c1ccc(Cl)s1)c1sccc1Cl. The highest BCUT2D eigenvalue weighted by Crippen LogP contribution is 2.36. The van der Waals surface area contributed by atoms with Crippen molar-refractivity contribution in [3.05, 3.63) is 42.7 Å². The van der Waals surface area contributed by atoms with E-state index < -0.39 is 6.10 Å². The molecule has 2 aromatic heterocycles. The van der Waals surface area contributed by atoms with E-state index in [1.54, 1.807) is 12.1 Å². The quantitative estimate of drug-likeness (QED) is 0.862. The van der Waals surface area contributed by atoms with E-state index in [4.69, 9.17) is 23.2 Å². The number of aliphatic hydroxyl groups excluding tert-OH is 1. The zero-order valence-corrected chi connectivity index (χ0v) is 10.1. The van der Waals surface area contributed by atoms with Crippen LogP contribution in [0.1, 0.15) is 15.9 Å². The molecule has 1 nitrogen and oxygen atoms in total. The summed E-state index contributed by atoms with van der Waals surface area (Å²) in [5.74, 6) is 0. The van der Waals surface area contributed by atoms with Gasteiger partial charge in [0.1, 0.15) is 6.10 Å². The number of thiophene rings is 2.